The van der Waals surface area contributed by atoms with Crippen LogP contribution in [0, 0.1) is 0 Å². The van der Waals surface area contributed by atoms with Gasteiger partial charge in [-0.3, -0.25) is 4.79 Å². The van der Waals surface area contributed by atoms with Crippen molar-refractivity contribution in [1.29, 1.82) is 0 Å². The minimum Gasteiger partial charge on any atom is -0.321 e. The monoisotopic (exact) mass is 296 g/mol. The summed E-state index contributed by atoms with van der Waals surface area (Å²) in [4.78, 5) is 11.7. The summed E-state index contributed by atoms with van der Waals surface area (Å²) >= 11 is 0. The van der Waals surface area contributed by atoms with Crippen LogP contribution in [0.3, 0.4) is 0 Å². The molecule has 0 radical (unpaired) electrons. The molecule has 1 rings (SSSR count). The molecule has 0 heterocycles. The lowest BCUT2D eigenvalue weighted by molar-refractivity contribution is -0.112. The molecule has 110 valence electrons. The van der Waals surface area contributed by atoms with E-state index in [-0.39, 0.29) is 16.2 Å². The number of primary sulfonamides is 1. The molecule has 5 nitrogen and oxygen atoms in total. The Kier molecular flexibility index (Phi) is 4.41. The first kappa shape index (κ1) is 16.4. The highest BCUT2D eigenvalue weighted by Crippen LogP contribution is 2.33. The van der Waals surface area contributed by atoms with E-state index in [1.54, 1.807) is 19.1 Å². The zero-order chi connectivity index (χ0) is 15.7. The maximum absolute atomic E-state index is 11.9. The van der Waals surface area contributed by atoms with Gasteiger partial charge in [-0.05, 0) is 24.0 Å². The van der Waals surface area contributed by atoms with Crippen molar-refractivity contribution in [1.82, 2.24) is 0 Å². The Hall–Kier alpha value is -1.66. The molecule has 0 unspecified atom stereocenters. The second-order valence-corrected chi connectivity index (χ2v) is 7.21. The Bertz CT molecular complexity index is 655. The van der Waals surface area contributed by atoms with Crippen LogP contribution in [0.4, 0.5) is 5.69 Å². The van der Waals surface area contributed by atoms with Gasteiger partial charge in [-0.2, -0.15) is 0 Å². The van der Waals surface area contributed by atoms with E-state index in [9.17, 15) is 13.2 Å². The van der Waals surface area contributed by atoms with Crippen LogP contribution in [0.2, 0.25) is 0 Å². The SMILES string of the molecule is C=C(C)C(=O)Nc1cccc(C(C)(C)C)c1S(N)(=O)=O. The Balaban J connectivity index is 3.55. The van der Waals surface area contributed by atoms with E-state index < -0.39 is 21.3 Å². The van der Waals surface area contributed by atoms with Gasteiger partial charge in [0.15, 0.2) is 0 Å². The first-order valence-electron chi connectivity index (χ1n) is 6.07. The third kappa shape index (κ3) is 3.68. The van der Waals surface area contributed by atoms with E-state index in [1.165, 1.54) is 6.07 Å². The summed E-state index contributed by atoms with van der Waals surface area (Å²) in [6.45, 7) is 10.7. The molecular weight excluding hydrogens is 276 g/mol. The summed E-state index contributed by atoms with van der Waals surface area (Å²) in [6.07, 6.45) is 0. The van der Waals surface area contributed by atoms with E-state index >= 15 is 0 Å². The predicted octanol–water partition coefficient (Wildman–Crippen LogP) is 2.15. The Morgan fingerprint density at radius 3 is 2.25 bits per heavy atom. The van der Waals surface area contributed by atoms with Gasteiger partial charge < -0.3 is 5.32 Å². The highest BCUT2D eigenvalue weighted by molar-refractivity contribution is 7.89. The summed E-state index contributed by atoms with van der Waals surface area (Å²) in [5.41, 5.74) is 0.588. The van der Waals surface area contributed by atoms with E-state index in [2.05, 4.69) is 11.9 Å². The van der Waals surface area contributed by atoms with Crippen LogP contribution in [0.25, 0.3) is 0 Å². The summed E-state index contributed by atoms with van der Waals surface area (Å²) < 4.78 is 23.8. The molecule has 0 spiro atoms. The van der Waals surface area contributed by atoms with Gasteiger partial charge in [0.25, 0.3) is 5.91 Å². The molecule has 1 aromatic carbocycles. The number of hydrogen-bond donors (Lipinski definition) is 2. The van der Waals surface area contributed by atoms with E-state index in [1.807, 2.05) is 20.8 Å². The van der Waals surface area contributed by atoms with Gasteiger partial charge in [0.05, 0.1) is 5.69 Å². The van der Waals surface area contributed by atoms with Gasteiger partial charge in [-0.1, -0.05) is 39.5 Å². The van der Waals surface area contributed by atoms with Gasteiger partial charge in [0.1, 0.15) is 4.90 Å². The van der Waals surface area contributed by atoms with Gasteiger partial charge in [-0.15, -0.1) is 0 Å². The van der Waals surface area contributed by atoms with Crippen molar-refractivity contribution >= 4 is 21.6 Å². The minimum atomic E-state index is -3.96. The predicted molar refractivity (Wildman–Crippen MR) is 80.0 cm³/mol. The largest absolute Gasteiger partial charge is 0.321 e. The number of sulfonamides is 1. The number of nitrogens with one attached hydrogen (secondary N) is 1. The first-order chi connectivity index (χ1) is 8.94. The van der Waals surface area contributed by atoms with Gasteiger partial charge in [0.2, 0.25) is 10.0 Å². The highest BCUT2D eigenvalue weighted by atomic mass is 32.2. The van der Waals surface area contributed by atoms with Crippen molar-refractivity contribution in [2.45, 2.75) is 38.0 Å². The molecule has 0 atom stereocenters. The van der Waals surface area contributed by atoms with Crippen LogP contribution in [0.5, 0.6) is 0 Å². The zero-order valence-electron chi connectivity index (χ0n) is 12.1. The second kappa shape index (κ2) is 5.38. The maximum Gasteiger partial charge on any atom is 0.250 e. The molecule has 0 fully saturated rings. The lowest BCUT2D eigenvalue weighted by atomic mass is 9.86. The van der Waals surface area contributed by atoms with Crippen LogP contribution in [-0.2, 0) is 20.2 Å². The smallest absolute Gasteiger partial charge is 0.250 e. The lowest BCUT2D eigenvalue weighted by Crippen LogP contribution is -2.24. The number of rotatable bonds is 3. The van der Waals surface area contributed by atoms with Crippen molar-refractivity contribution in [3.05, 3.63) is 35.9 Å². The lowest BCUT2D eigenvalue weighted by Gasteiger charge is -2.24. The van der Waals surface area contributed by atoms with Crippen molar-refractivity contribution in [2.75, 3.05) is 5.32 Å². The standard InChI is InChI=1S/C14H20N2O3S/c1-9(2)13(17)16-11-8-6-7-10(14(3,4)5)12(11)20(15,18)19/h6-8H,1H2,2-5H3,(H,16,17)(H2,15,18,19). The number of carbonyl (C=O) groups excluding carboxylic acids is 1. The molecule has 20 heavy (non-hydrogen) atoms. The van der Waals surface area contributed by atoms with Crippen LogP contribution in [0.1, 0.15) is 33.3 Å². The average molecular weight is 296 g/mol. The van der Waals surface area contributed by atoms with Crippen molar-refractivity contribution in [3.63, 3.8) is 0 Å². The Morgan fingerprint density at radius 1 is 1.30 bits per heavy atom. The van der Waals surface area contributed by atoms with Crippen LogP contribution >= 0.6 is 0 Å². The van der Waals surface area contributed by atoms with Crippen LogP contribution < -0.4 is 10.5 Å². The van der Waals surface area contributed by atoms with Crippen molar-refractivity contribution in [3.8, 4) is 0 Å². The zero-order valence-corrected chi connectivity index (χ0v) is 13.0. The molecule has 0 aliphatic rings. The number of hydrogen-bond acceptors (Lipinski definition) is 3. The molecule has 0 aliphatic carbocycles. The third-order valence-corrected chi connectivity index (χ3v) is 3.75. The van der Waals surface area contributed by atoms with Crippen LogP contribution in [0.15, 0.2) is 35.2 Å². The summed E-state index contributed by atoms with van der Waals surface area (Å²) in [5.74, 6) is -0.444. The highest BCUT2D eigenvalue weighted by Gasteiger charge is 2.27. The van der Waals surface area contributed by atoms with E-state index in [4.69, 9.17) is 5.14 Å². The van der Waals surface area contributed by atoms with Crippen LogP contribution in [-0.4, -0.2) is 14.3 Å². The summed E-state index contributed by atoms with van der Waals surface area (Å²) in [7, 11) is -3.96. The molecule has 3 N–H and O–H groups in total. The van der Waals surface area contributed by atoms with E-state index in [0.29, 0.717) is 5.56 Å². The quantitative estimate of drug-likeness (QED) is 0.837. The Morgan fingerprint density at radius 2 is 1.85 bits per heavy atom. The van der Waals surface area contributed by atoms with Gasteiger partial charge in [-0.25, -0.2) is 13.6 Å². The molecule has 0 aromatic heterocycles. The second-order valence-electron chi connectivity index (χ2n) is 5.71. The van der Waals surface area contributed by atoms with E-state index in [0.717, 1.165) is 0 Å². The fraction of sp³-hybridized carbons (Fsp3) is 0.357. The first-order valence-corrected chi connectivity index (χ1v) is 7.62. The topological polar surface area (TPSA) is 89.3 Å². The molecule has 0 bridgehead atoms. The van der Waals surface area contributed by atoms with Gasteiger partial charge in [0, 0.05) is 5.57 Å². The molecule has 0 saturated carbocycles. The summed E-state index contributed by atoms with van der Waals surface area (Å²) in [6, 6.07) is 4.88. The molecular formula is C14H20N2O3S. The molecule has 1 aromatic rings. The normalized spacial score (nSPS) is 12.1. The fourth-order valence-corrected chi connectivity index (χ4v) is 2.87. The number of amides is 1. The number of nitrogens with two attached hydrogens (primary N) is 1. The average Bonchev–Trinajstić information content (AvgIpc) is 2.25. The molecule has 0 saturated heterocycles. The van der Waals surface area contributed by atoms with Crippen molar-refractivity contribution < 1.29 is 13.2 Å². The fourth-order valence-electron chi connectivity index (χ4n) is 1.76. The third-order valence-electron chi connectivity index (χ3n) is 2.74. The van der Waals surface area contributed by atoms with Crippen molar-refractivity contribution in [2.24, 2.45) is 5.14 Å². The Labute approximate surface area is 119 Å². The minimum absolute atomic E-state index is 0.0536. The molecule has 0 aliphatic heterocycles. The number of anilines is 1. The maximum atomic E-state index is 11.9. The molecule has 1 amide bonds. The summed E-state index contributed by atoms with van der Waals surface area (Å²) in [5, 5.41) is 7.84. The number of carbonyl (C=O) groups is 1. The number of benzene rings is 1. The van der Waals surface area contributed by atoms with Gasteiger partial charge >= 0.3 is 0 Å². The molecule has 6 heteroatoms.